The molecule has 0 N–H and O–H groups in total. The van der Waals surface area contributed by atoms with Crippen LogP contribution in [0, 0.1) is 0 Å². The SMILES string of the molecule is C[C@@H](c1nccs1)N(C)C(=O)c1cn2c3c(cccc3c1=O)CC2. The van der Waals surface area contributed by atoms with E-state index in [2.05, 4.69) is 4.98 Å². The van der Waals surface area contributed by atoms with E-state index in [-0.39, 0.29) is 22.9 Å². The Bertz CT molecular complexity index is 991. The molecule has 1 aliphatic heterocycles. The highest BCUT2D eigenvalue weighted by atomic mass is 32.1. The van der Waals surface area contributed by atoms with Crippen LogP contribution in [-0.2, 0) is 13.0 Å². The quantitative estimate of drug-likeness (QED) is 0.737. The molecule has 0 radical (unpaired) electrons. The Morgan fingerprint density at radius 2 is 2.25 bits per heavy atom. The molecule has 0 aliphatic carbocycles. The first-order valence-electron chi connectivity index (χ1n) is 7.89. The lowest BCUT2D eigenvalue weighted by atomic mass is 10.1. The zero-order valence-electron chi connectivity index (χ0n) is 13.5. The Hall–Kier alpha value is -2.47. The van der Waals surface area contributed by atoms with E-state index < -0.39 is 0 Å². The topological polar surface area (TPSA) is 55.2 Å². The smallest absolute Gasteiger partial charge is 0.259 e. The van der Waals surface area contributed by atoms with Crippen molar-refractivity contribution in [3.05, 3.63) is 62.3 Å². The van der Waals surface area contributed by atoms with Crippen molar-refractivity contribution in [1.82, 2.24) is 14.5 Å². The molecule has 24 heavy (non-hydrogen) atoms. The molecular weight excluding hydrogens is 322 g/mol. The van der Waals surface area contributed by atoms with Gasteiger partial charge in [-0.15, -0.1) is 11.3 Å². The second-order valence-corrected chi connectivity index (χ2v) is 7.02. The third-order valence-corrected chi connectivity index (χ3v) is 5.69. The monoisotopic (exact) mass is 339 g/mol. The third-order valence-electron chi connectivity index (χ3n) is 4.74. The number of carbonyl (C=O) groups is 1. The molecule has 1 aromatic carbocycles. The van der Waals surface area contributed by atoms with Gasteiger partial charge in [-0.3, -0.25) is 9.59 Å². The molecule has 0 unspecified atom stereocenters. The summed E-state index contributed by atoms with van der Waals surface area (Å²) < 4.78 is 2.03. The van der Waals surface area contributed by atoms with Gasteiger partial charge in [-0.25, -0.2) is 4.98 Å². The van der Waals surface area contributed by atoms with Gasteiger partial charge in [0.15, 0.2) is 0 Å². The lowest BCUT2D eigenvalue weighted by Gasteiger charge is -2.23. The van der Waals surface area contributed by atoms with Crippen LogP contribution in [0.2, 0.25) is 0 Å². The van der Waals surface area contributed by atoms with E-state index in [1.54, 1.807) is 24.3 Å². The number of aryl methyl sites for hydroxylation is 2. The molecule has 3 aromatic rings. The van der Waals surface area contributed by atoms with Crippen molar-refractivity contribution >= 4 is 28.1 Å². The second kappa shape index (κ2) is 5.56. The maximum absolute atomic E-state index is 12.9. The molecule has 1 amide bonds. The van der Waals surface area contributed by atoms with Gasteiger partial charge in [0.2, 0.25) is 5.43 Å². The van der Waals surface area contributed by atoms with Crippen molar-refractivity contribution in [3.63, 3.8) is 0 Å². The molecule has 6 heteroatoms. The number of pyridine rings is 1. The summed E-state index contributed by atoms with van der Waals surface area (Å²) in [7, 11) is 1.72. The molecule has 0 fully saturated rings. The summed E-state index contributed by atoms with van der Waals surface area (Å²) >= 11 is 1.51. The van der Waals surface area contributed by atoms with Crippen LogP contribution in [0.4, 0.5) is 0 Å². The van der Waals surface area contributed by atoms with Crippen LogP contribution in [0.15, 0.2) is 40.8 Å². The van der Waals surface area contributed by atoms with Crippen LogP contribution in [0.25, 0.3) is 10.9 Å². The Labute approximate surface area is 143 Å². The van der Waals surface area contributed by atoms with Crippen molar-refractivity contribution < 1.29 is 4.79 Å². The Morgan fingerprint density at radius 3 is 3.00 bits per heavy atom. The average molecular weight is 339 g/mol. The molecule has 1 aliphatic rings. The van der Waals surface area contributed by atoms with Crippen LogP contribution < -0.4 is 5.43 Å². The van der Waals surface area contributed by atoms with Crippen LogP contribution in [0.1, 0.15) is 33.9 Å². The van der Waals surface area contributed by atoms with Crippen molar-refractivity contribution in [3.8, 4) is 0 Å². The van der Waals surface area contributed by atoms with Crippen LogP contribution in [0.5, 0.6) is 0 Å². The Balaban J connectivity index is 1.79. The van der Waals surface area contributed by atoms with Crippen molar-refractivity contribution in [2.75, 3.05) is 7.05 Å². The highest BCUT2D eigenvalue weighted by Gasteiger charge is 2.25. The minimum absolute atomic E-state index is 0.169. The second-order valence-electron chi connectivity index (χ2n) is 6.09. The molecule has 1 atom stereocenters. The van der Waals surface area contributed by atoms with Crippen LogP contribution >= 0.6 is 11.3 Å². The van der Waals surface area contributed by atoms with Gasteiger partial charge in [0.05, 0.1) is 11.6 Å². The van der Waals surface area contributed by atoms with Gasteiger partial charge in [0.1, 0.15) is 10.6 Å². The number of nitrogens with zero attached hydrogens (tertiary/aromatic N) is 3. The molecule has 3 heterocycles. The fourth-order valence-electron chi connectivity index (χ4n) is 3.28. The number of benzene rings is 1. The number of hydrogen-bond acceptors (Lipinski definition) is 4. The summed E-state index contributed by atoms with van der Waals surface area (Å²) in [6, 6.07) is 5.58. The number of rotatable bonds is 3. The first kappa shape index (κ1) is 15.1. The minimum atomic E-state index is -0.259. The summed E-state index contributed by atoms with van der Waals surface area (Å²) in [5.41, 5.74) is 2.18. The largest absolute Gasteiger partial charge is 0.346 e. The van der Waals surface area contributed by atoms with Gasteiger partial charge in [-0.2, -0.15) is 0 Å². The highest BCUT2D eigenvalue weighted by molar-refractivity contribution is 7.09. The average Bonchev–Trinajstić information content (AvgIpc) is 3.26. The van der Waals surface area contributed by atoms with Crippen molar-refractivity contribution in [2.45, 2.75) is 25.9 Å². The minimum Gasteiger partial charge on any atom is -0.346 e. The van der Waals surface area contributed by atoms with Crippen molar-refractivity contribution in [1.29, 1.82) is 0 Å². The summed E-state index contributed by atoms with van der Waals surface area (Å²) in [6.45, 7) is 2.73. The van der Waals surface area contributed by atoms with E-state index in [4.69, 9.17) is 0 Å². The van der Waals surface area contributed by atoms with Gasteiger partial charge in [0, 0.05) is 36.8 Å². The van der Waals surface area contributed by atoms with Gasteiger partial charge in [0.25, 0.3) is 5.91 Å². The van der Waals surface area contributed by atoms with E-state index in [1.165, 1.54) is 16.9 Å². The van der Waals surface area contributed by atoms with Gasteiger partial charge in [-0.05, 0) is 25.0 Å². The van der Waals surface area contributed by atoms with E-state index in [0.717, 1.165) is 23.5 Å². The molecule has 5 nitrogen and oxygen atoms in total. The Kier molecular flexibility index (Phi) is 3.49. The summed E-state index contributed by atoms with van der Waals surface area (Å²) in [6.07, 6.45) is 4.34. The number of aromatic nitrogens is 2. The highest BCUT2D eigenvalue weighted by Crippen LogP contribution is 2.26. The predicted molar refractivity (Wildman–Crippen MR) is 94.5 cm³/mol. The lowest BCUT2D eigenvalue weighted by molar-refractivity contribution is 0.0740. The fourth-order valence-corrected chi connectivity index (χ4v) is 4.02. The van der Waals surface area contributed by atoms with E-state index >= 15 is 0 Å². The normalized spacial score (nSPS) is 14.1. The maximum Gasteiger partial charge on any atom is 0.259 e. The summed E-state index contributed by atoms with van der Waals surface area (Å²) in [4.78, 5) is 31.6. The first-order chi connectivity index (χ1) is 11.6. The molecule has 0 spiro atoms. The van der Waals surface area contributed by atoms with Gasteiger partial charge < -0.3 is 9.47 Å². The first-order valence-corrected chi connectivity index (χ1v) is 8.77. The third kappa shape index (κ3) is 2.17. The molecule has 0 saturated carbocycles. The molecule has 4 rings (SSSR count). The molecule has 2 aromatic heterocycles. The van der Waals surface area contributed by atoms with Crippen molar-refractivity contribution in [2.24, 2.45) is 0 Å². The van der Waals surface area contributed by atoms with E-state index in [1.807, 2.05) is 35.1 Å². The number of carbonyl (C=O) groups excluding carboxylic acids is 1. The molecule has 122 valence electrons. The van der Waals surface area contributed by atoms with Crippen LogP contribution in [-0.4, -0.2) is 27.4 Å². The van der Waals surface area contributed by atoms with E-state index in [9.17, 15) is 9.59 Å². The standard InChI is InChI=1S/C18H17N3O2S/c1-11(17-19-7-9-24-17)20(2)18(23)14-10-21-8-6-12-4-3-5-13(15(12)21)16(14)22/h3-5,7,9-11H,6,8H2,1-2H3/t11-/m0/s1. The zero-order valence-corrected chi connectivity index (χ0v) is 14.3. The number of hydrogen-bond donors (Lipinski definition) is 0. The number of thiazole rings is 1. The summed E-state index contributed by atoms with van der Waals surface area (Å²) in [5, 5.41) is 3.38. The molecular formula is C18H17N3O2S. The van der Waals surface area contributed by atoms with Crippen LogP contribution in [0.3, 0.4) is 0 Å². The number of amides is 1. The summed E-state index contributed by atoms with van der Waals surface area (Å²) in [5.74, 6) is -0.259. The number of para-hydroxylation sites is 1. The fraction of sp³-hybridized carbons (Fsp3) is 0.278. The predicted octanol–water partition coefficient (Wildman–Crippen LogP) is 2.85. The zero-order chi connectivity index (χ0) is 16.8. The molecule has 0 saturated heterocycles. The van der Waals surface area contributed by atoms with E-state index in [0.29, 0.717) is 5.39 Å². The van der Waals surface area contributed by atoms with Gasteiger partial charge in [-0.1, -0.05) is 12.1 Å². The van der Waals surface area contributed by atoms with Gasteiger partial charge >= 0.3 is 0 Å². The maximum atomic E-state index is 12.9. The lowest BCUT2D eigenvalue weighted by Crippen LogP contribution is -2.33. The Morgan fingerprint density at radius 1 is 1.42 bits per heavy atom. The molecule has 0 bridgehead atoms.